The number of benzene rings is 2. The summed E-state index contributed by atoms with van der Waals surface area (Å²) in [6.07, 6.45) is -1.21. The van der Waals surface area contributed by atoms with Crippen molar-refractivity contribution in [1.29, 1.82) is 0 Å². The molecule has 3 aromatic rings. The summed E-state index contributed by atoms with van der Waals surface area (Å²) in [6, 6.07) is 12.1. The molecule has 34 heavy (non-hydrogen) atoms. The highest BCUT2D eigenvalue weighted by Crippen LogP contribution is 2.44. The molecule has 0 saturated carbocycles. The van der Waals surface area contributed by atoms with Crippen LogP contribution in [0.4, 0.5) is 5.82 Å². The highest BCUT2D eigenvalue weighted by atomic mass is 16.6. The minimum Gasteiger partial charge on any atom is -0.497 e. The van der Waals surface area contributed by atoms with Crippen LogP contribution in [-0.4, -0.2) is 66.8 Å². The first-order valence-corrected chi connectivity index (χ1v) is 11.2. The number of anilines is 1. The van der Waals surface area contributed by atoms with Gasteiger partial charge in [-0.15, -0.1) is 0 Å². The van der Waals surface area contributed by atoms with Gasteiger partial charge in [0.15, 0.2) is 5.75 Å². The van der Waals surface area contributed by atoms with E-state index in [4.69, 9.17) is 19.2 Å². The first kappa shape index (κ1) is 22.1. The van der Waals surface area contributed by atoms with Crippen LogP contribution in [0.15, 0.2) is 42.5 Å². The third kappa shape index (κ3) is 3.82. The quantitative estimate of drug-likeness (QED) is 0.347. The summed E-state index contributed by atoms with van der Waals surface area (Å²) in [5.74, 6) is -0.766. The Bertz CT molecular complexity index is 1250. The van der Waals surface area contributed by atoms with Gasteiger partial charge in [-0.05, 0) is 30.3 Å². The zero-order valence-electron chi connectivity index (χ0n) is 19.0. The van der Waals surface area contributed by atoms with Gasteiger partial charge in [0.1, 0.15) is 29.1 Å². The predicted octanol–water partition coefficient (Wildman–Crippen LogP) is 2.29. The van der Waals surface area contributed by atoms with Gasteiger partial charge in [0, 0.05) is 31.6 Å². The minimum atomic E-state index is -1.21. The zero-order valence-corrected chi connectivity index (χ0v) is 19.0. The Hall–Kier alpha value is -3.69. The fraction of sp³-hybridized carbons (Fsp3) is 0.320. The number of hydrogen-bond acceptors (Lipinski definition) is 9. The molecule has 0 amide bonds. The number of aliphatic hydroxyl groups is 1. The Morgan fingerprint density at radius 2 is 1.74 bits per heavy atom. The van der Waals surface area contributed by atoms with Gasteiger partial charge in [-0.3, -0.25) is 0 Å². The molecule has 1 unspecified atom stereocenters. The number of hydrogen-bond donors (Lipinski definition) is 1. The van der Waals surface area contributed by atoms with Crippen LogP contribution in [-0.2, 0) is 9.59 Å². The van der Waals surface area contributed by atoms with Gasteiger partial charge in [0.05, 0.1) is 12.5 Å². The van der Waals surface area contributed by atoms with E-state index in [0.717, 1.165) is 32.7 Å². The fourth-order valence-corrected chi connectivity index (χ4v) is 4.42. The molecule has 1 saturated heterocycles. The maximum Gasteiger partial charge on any atom is 0.423 e. The van der Waals surface area contributed by atoms with Crippen LogP contribution in [0.1, 0.15) is 24.3 Å². The molecule has 1 aromatic heterocycles. The Morgan fingerprint density at radius 3 is 2.41 bits per heavy atom. The van der Waals surface area contributed by atoms with Crippen molar-refractivity contribution in [2.24, 2.45) is 0 Å². The largest absolute Gasteiger partial charge is 0.497 e. The van der Waals surface area contributed by atoms with Gasteiger partial charge in [0.25, 0.3) is 0 Å². The molecule has 2 aliphatic heterocycles. The topological polar surface area (TPSA) is 101 Å². The first-order chi connectivity index (χ1) is 16.5. The van der Waals surface area contributed by atoms with Crippen molar-refractivity contribution < 1.29 is 28.9 Å². The summed E-state index contributed by atoms with van der Waals surface area (Å²) >= 11 is 0. The molecule has 0 radical (unpaired) electrons. The molecule has 1 atom stereocenters. The smallest absolute Gasteiger partial charge is 0.423 e. The summed E-state index contributed by atoms with van der Waals surface area (Å²) in [4.78, 5) is 33.8. The highest BCUT2D eigenvalue weighted by Gasteiger charge is 2.34. The Morgan fingerprint density at radius 1 is 1.03 bits per heavy atom. The number of piperazine rings is 1. The van der Waals surface area contributed by atoms with E-state index < -0.39 is 18.0 Å². The van der Waals surface area contributed by atoms with Crippen molar-refractivity contribution in [2.45, 2.75) is 13.0 Å². The average Bonchev–Trinajstić information content (AvgIpc) is 3.00. The molecule has 3 heterocycles. The second kappa shape index (κ2) is 8.92. The molecule has 9 nitrogen and oxygen atoms in total. The molecule has 1 fully saturated rings. The number of carbonyl (C=O) groups excluding carboxylic acids is 2. The number of nitrogens with zero attached hydrogens (tertiary/aromatic N) is 3. The first-order valence-electron chi connectivity index (χ1n) is 11.2. The lowest BCUT2D eigenvalue weighted by Gasteiger charge is -2.35. The van der Waals surface area contributed by atoms with E-state index in [1.54, 1.807) is 43.5 Å². The van der Waals surface area contributed by atoms with Crippen LogP contribution < -0.4 is 19.1 Å². The standard InChI is InChI=1S/C25H25N3O6/c1-3-27-11-13-28(14-12-27)23-17-5-4-6-18-19(17)22(34-25(31)24(30)33-18)20(26-23)21(29)15-7-9-16(32-2)10-8-15/h4-10,21,29H,3,11-14H2,1-2H3. The number of likely N-dealkylation sites (N-methyl/N-ethyl adjacent to an activating group) is 1. The van der Waals surface area contributed by atoms with Crippen LogP contribution in [0.5, 0.6) is 17.2 Å². The van der Waals surface area contributed by atoms with Gasteiger partial charge in [-0.1, -0.05) is 31.2 Å². The predicted molar refractivity (Wildman–Crippen MR) is 124 cm³/mol. The summed E-state index contributed by atoms with van der Waals surface area (Å²) in [6.45, 7) is 6.35. The maximum absolute atomic E-state index is 12.3. The van der Waals surface area contributed by atoms with Crippen LogP contribution >= 0.6 is 0 Å². The molecule has 176 valence electrons. The van der Waals surface area contributed by atoms with Gasteiger partial charge in [-0.2, -0.15) is 0 Å². The molecule has 0 spiro atoms. The van der Waals surface area contributed by atoms with Crippen molar-refractivity contribution >= 4 is 28.5 Å². The Labute approximate surface area is 196 Å². The third-order valence-corrected chi connectivity index (χ3v) is 6.33. The van der Waals surface area contributed by atoms with Crippen molar-refractivity contribution in [3.8, 4) is 17.2 Å². The summed E-state index contributed by atoms with van der Waals surface area (Å²) in [7, 11) is 1.56. The van der Waals surface area contributed by atoms with Crippen molar-refractivity contribution in [1.82, 2.24) is 9.88 Å². The second-order valence-corrected chi connectivity index (χ2v) is 8.20. The molecule has 0 bridgehead atoms. The number of aliphatic hydroxyl groups excluding tert-OH is 1. The van der Waals surface area contributed by atoms with Crippen molar-refractivity contribution in [3.63, 3.8) is 0 Å². The van der Waals surface area contributed by atoms with E-state index in [1.807, 2.05) is 6.07 Å². The number of pyridine rings is 1. The van der Waals surface area contributed by atoms with Crippen LogP contribution in [0.3, 0.4) is 0 Å². The normalized spacial score (nSPS) is 17.2. The number of aromatic nitrogens is 1. The number of esters is 2. The van der Waals surface area contributed by atoms with Gasteiger partial charge in [0.2, 0.25) is 0 Å². The van der Waals surface area contributed by atoms with E-state index in [-0.39, 0.29) is 17.2 Å². The lowest BCUT2D eigenvalue weighted by Crippen LogP contribution is -2.46. The van der Waals surface area contributed by atoms with E-state index in [0.29, 0.717) is 27.9 Å². The summed E-state index contributed by atoms with van der Waals surface area (Å²) < 4.78 is 16.0. The highest BCUT2D eigenvalue weighted by molar-refractivity contribution is 6.32. The SMILES string of the molecule is CCN1CCN(c2nc(C(O)c3ccc(OC)cc3)c3c4c(cccc24)OC(=O)C(=O)O3)CC1. The van der Waals surface area contributed by atoms with Crippen molar-refractivity contribution in [3.05, 3.63) is 53.7 Å². The van der Waals surface area contributed by atoms with Crippen LogP contribution in [0.25, 0.3) is 10.8 Å². The summed E-state index contributed by atoms with van der Waals surface area (Å²) in [5.41, 5.74) is 0.681. The fourth-order valence-electron chi connectivity index (χ4n) is 4.42. The average molecular weight is 463 g/mol. The number of methoxy groups -OCH3 is 1. The number of ether oxygens (including phenoxy) is 3. The van der Waals surface area contributed by atoms with E-state index in [2.05, 4.69) is 16.7 Å². The Balaban J connectivity index is 1.70. The molecule has 2 aromatic carbocycles. The van der Waals surface area contributed by atoms with Crippen LogP contribution in [0.2, 0.25) is 0 Å². The van der Waals surface area contributed by atoms with E-state index >= 15 is 0 Å². The molecular weight excluding hydrogens is 438 g/mol. The van der Waals surface area contributed by atoms with Crippen LogP contribution in [0, 0.1) is 0 Å². The Kier molecular flexibility index (Phi) is 5.80. The monoisotopic (exact) mass is 463 g/mol. The van der Waals surface area contributed by atoms with Gasteiger partial charge in [-0.25, -0.2) is 14.6 Å². The zero-order chi connectivity index (χ0) is 23.8. The van der Waals surface area contributed by atoms with E-state index in [1.165, 1.54) is 0 Å². The molecular formula is C25H25N3O6. The molecule has 0 aliphatic carbocycles. The van der Waals surface area contributed by atoms with Gasteiger partial charge < -0.3 is 29.1 Å². The minimum absolute atomic E-state index is 0.0284. The maximum atomic E-state index is 12.3. The molecule has 5 rings (SSSR count). The number of rotatable bonds is 5. The number of carbonyl (C=O) groups is 2. The molecule has 2 aliphatic rings. The molecule has 9 heteroatoms. The summed E-state index contributed by atoms with van der Waals surface area (Å²) in [5, 5.41) is 12.5. The second-order valence-electron chi connectivity index (χ2n) is 8.20. The van der Waals surface area contributed by atoms with Crippen molar-refractivity contribution in [2.75, 3.05) is 44.7 Å². The van der Waals surface area contributed by atoms with Gasteiger partial charge >= 0.3 is 11.9 Å². The third-order valence-electron chi connectivity index (χ3n) is 6.33. The lowest BCUT2D eigenvalue weighted by atomic mass is 10.0. The van der Waals surface area contributed by atoms with E-state index in [9.17, 15) is 14.7 Å². The molecule has 1 N–H and O–H groups in total. The lowest BCUT2D eigenvalue weighted by molar-refractivity contribution is -0.155.